The Hall–Kier alpha value is -2.65. The molecular formula is C18H17F2N3O3S. The lowest BCUT2D eigenvalue weighted by Crippen LogP contribution is -2.19. The molecule has 0 saturated heterocycles. The van der Waals surface area contributed by atoms with E-state index in [0.717, 1.165) is 0 Å². The molecular weight excluding hydrogens is 376 g/mol. The van der Waals surface area contributed by atoms with Gasteiger partial charge in [-0.05, 0) is 30.4 Å². The molecule has 2 aromatic heterocycles. The van der Waals surface area contributed by atoms with Crippen LogP contribution < -0.4 is 10.3 Å². The maximum atomic E-state index is 13.7. The van der Waals surface area contributed by atoms with Crippen LogP contribution in [-0.2, 0) is 11.3 Å². The number of hydrogen-bond donors (Lipinski definition) is 1. The molecule has 2 heterocycles. The maximum Gasteiger partial charge on any atom is 0.264 e. The van der Waals surface area contributed by atoms with Gasteiger partial charge in [-0.3, -0.25) is 9.78 Å². The minimum Gasteiger partial charge on any atom is -0.497 e. The number of ether oxygens (including phenoxy) is 2. The highest BCUT2D eigenvalue weighted by atomic mass is 32.1. The quantitative estimate of drug-likeness (QED) is 0.647. The number of methoxy groups -OCH3 is 2. The van der Waals surface area contributed by atoms with Crippen molar-refractivity contribution in [2.75, 3.05) is 20.8 Å². The summed E-state index contributed by atoms with van der Waals surface area (Å²) in [6, 6.07) is 8.11. The van der Waals surface area contributed by atoms with Crippen LogP contribution in [-0.4, -0.2) is 35.4 Å². The van der Waals surface area contributed by atoms with E-state index in [-0.39, 0.29) is 29.0 Å². The molecule has 3 aromatic rings. The summed E-state index contributed by atoms with van der Waals surface area (Å²) in [6.07, 6.45) is -2.85. The minimum atomic E-state index is -2.85. The van der Waals surface area contributed by atoms with Crippen LogP contribution >= 0.6 is 12.2 Å². The van der Waals surface area contributed by atoms with Crippen LogP contribution in [0, 0.1) is 4.77 Å². The number of pyridine rings is 1. The maximum absolute atomic E-state index is 13.7. The molecule has 27 heavy (non-hydrogen) atoms. The van der Waals surface area contributed by atoms with E-state index in [1.807, 2.05) is 0 Å². The van der Waals surface area contributed by atoms with Crippen LogP contribution in [0.25, 0.3) is 22.3 Å². The topological polar surface area (TPSA) is 69.1 Å². The highest BCUT2D eigenvalue weighted by Crippen LogP contribution is 2.30. The van der Waals surface area contributed by atoms with Gasteiger partial charge in [0, 0.05) is 18.2 Å². The Balaban J connectivity index is 2.37. The smallest absolute Gasteiger partial charge is 0.264 e. The first-order chi connectivity index (χ1) is 13.0. The molecule has 0 fully saturated rings. The number of rotatable bonds is 6. The zero-order valence-electron chi connectivity index (χ0n) is 14.7. The fraction of sp³-hybridized carbons (Fsp3) is 0.278. The Morgan fingerprint density at radius 1 is 1.30 bits per heavy atom. The van der Waals surface area contributed by atoms with E-state index in [9.17, 15) is 13.6 Å². The SMILES string of the molecule is COCCn1c(=S)[nH]c(=O)c2c(C(F)F)cc(-c3cccc(OC)c3)nc21. The summed E-state index contributed by atoms with van der Waals surface area (Å²) in [5.41, 5.74) is -0.120. The number of aromatic amines is 1. The van der Waals surface area contributed by atoms with Crippen LogP contribution in [0.15, 0.2) is 35.1 Å². The highest BCUT2D eigenvalue weighted by Gasteiger charge is 2.20. The zero-order chi connectivity index (χ0) is 19.6. The summed E-state index contributed by atoms with van der Waals surface area (Å²) in [5, 5.41) is -0.179. The van der Waals surface area contributed by atoms with Crippen LogP contribution in [0.2, 0.25) is 0 Å². The Kier molecular flexibility index (Phi) is 5.62. The minimum absolute atomic E-state index is 0.0939. The van der Waals surface area contributed by atoms with Crippen molar-refractivity contribution in [1.82, 2.24) is 14.5 Å². The largest absolute Gasteiger partial charge is 0.497 e. The molecule has 0 aliphatic carbocycles. The number of fused-ring (bicyclic) bond motifs is 1. The monoisotopic (exact) mass is 393 g/mol. The summed E-state index contributed by atoms with van der Waals surface area (Å²) in [7, 11) is 3.02. The van der Waals surface area contributed by atoms with Gasteiger partial charge in [-0.25, -0.2) is 13.8 Å². The van der Waals surface area contributed by atoms with Crippen molar-refractivity contribution in [1.29, 1.82) is 0 Å². The van der Waals surface area contributed by atoms with Gasteiger partial charge in [0.1, 0.15) is 11.4 Å². The third-order valence-electron chi connectivity index (χ3n) is 4.10. The van der Waals surface area contributed by atoms with Crippen molar-refractivity contribution < 1.29 is 18.3 Å². The van der Waals surface area contributed by atoms with Crippen molar-refractivity contribution >= 4 is 23.3 Å². The van der Waals surface area contributed by atoms with E-state index in [1.165, 1.54) is 24.9 Å². The molecule has 1 aromatic carbocycles. The summed E-state index contributed by atoms with van der Waals surface area (Å²) >= 11 is 5.19. The number of alkyl halides is 2. The van der Waals surface area contributed by atoms with Gasteiger partial charge in [0.15, 0.2) is 4.77 Å². The number of H-pyrrole nitrogens is 1. The summed E-state index contributed by atoms with van der Waals surface area (Å²) in [5.74, 6) is 0.565. The van der Waals surface area contributed by atoms with Gasteiger partial charge in [0.2, 0.25) is 0 Å². The van der Waals surface area contributed by atoms with Gasteiger partial charge in [0.05, 0.1) is 31.3 Å². The van der Waals surface area contributed by atoms with E-state index in [0.29, 0.717) is 17.0 Å². The number of nitrogens with one attached hydrogen (secondary N) is 1. The average Bonchev–Trinajstić information content (AvgIpc) is 2.66. The average molecular weight is 393 g/mol. The van der Waals surface area contributed by atoms with Gasteiger partial charge in [-0.1, -0.05) is 12.1 Å². The Morgan fingerprint density at radius 2 is 2.07 bits per heavy atom. The molecule has 6 nitrogen and oxygen atoms in total. The van der Waals surface area contributed by atoms with Crippen molar-refractivity contribution in [3.63, 3.8) is 0 Å². The van der Waals surface area contributed by atoms with Crippen LogP contribution in [0.4, 0.5) is 8.78 Å². The molecule has 0 radical (unpaired) electrons. The summed E-state index contributed by atoms with van der Waals surface area (Å²) < 4.78 is 39.3. The molecule has 142 valence electrons. The molecule has 3 rings (SSSR count). The predicted molar refractivity (Wildman–Crippen MR) is 100 cm³/mol. The lowest BCUT2D eigenvalue weighted by atomic mass is 10.1. The zero-order valence-corrected chi connectivity index (χ0v) is 15.5. The molecule has 9 heteroatoms. The number of halogens is 2. The number of nitrogens with zero attached hydrogens (tertiary/aromatic N) is 2. The predicted octanol–water partition coefficient (Wildman–Crippen LogP) is 3.71. The van der Waals surface area contributed by atoms with Gasteiger partial charge in [-0.15, -0.1) is 0 Å². The molecule has 0 bridgehead atoms. The normalized spacial score (nSPS) is 11.3. The molecule has 0 aliphatic heterocycles. The number of benzene rings is 1. The summed E-state index contributed by atoms with van der Waals surface area (Å²) in [4.78, 5) is 19.2. The van der Waals surface area contributed by atoms with Crippen LogP contribution in [0.3, 0.4) is 0 Å². The Morgan fingerprint density at radius 3 is 2.74 bits per heavy atom. The van der Waals surface area contributed by atoms with E-state index in [2.05, 4.69) is 9.97 Å². The van der Waals surface area contributed by atoms with Gasteiger partial charge < -0.3 is 14.0 Å². The standard InChI is InChI=1S/C18H17F2N3O3S/c1-25-7-6-23-16-14(17(24)22-18(23)27)12(15(19)20)9-13(21-16)10-4-3-5-11(8-10)26-2/h3-5,8-9,15H,6-7H2,1-2H3,(H,22,24,27). The molecule has 0 unspecified atom stereocenters. The molecule has 0 spiro atoms. The molecule has 0 amide bonds. The van der Waals surface area contributed by atoms with E-state index in [1.54, 1.807) is 24.3 Å². The van der Waals surface area contributed by atoms with Gasteiger partial charge in [-0.2, -0.15) is 0 Å². The first-order valence-corrected chi connectivity index (χ1v) is 8.46. The summed E-state index contributed by atoms with van der Waals surface area (Å²) in [6.45, 7) is 0.546. The van der Waals surface area contributed by atoms with E-state index >= 15 is 0 Å². The van der Waals surface area contributed by atoms with Gasteiger partial charge in [0.25, 0.3) is 12.0 Å². The number of aromatic nitrogens is 3. The third-order valence-corrected chi connectivity index (χ3v) is 4.42. The van der Waals surface area contributed by atoms with E-state index in [4.69, 9.17) is 21.7 Å². The first-order valence-electron chi connectivity index (χ1n) is 8.05. The fourth-order valence-electron chi connectivity index (χ4n) is 2.79. The first kappa shape index (κ1) is 19.1. The third kappa shape index (κ3) is 3.74. The highest BCUT2D eigenvalue weighted by molar-refractivity contribution is 7.71. The Labute approximate surface area is 158 Å². The lowest BCUT2D eigenvalue weighted by Gasteiger charge is -2.14. The van der Waals surface area contributed by atoms with Crippen LogP contribution in [0.1, 0.15) is 12.0 Å². The second-order valence-electron chi connectivity index (χ2n) is 5.73. The molecule has 0 aliphatic rings. The molecule has 0 atom stereocenters. The van der Waals surface area contributed by atoms with Crippen molar-refractivity contribution in [3.8, 4) is 17.0 Å². The van der Waals surface area contributed by atoms with Crippen molar-refractivity contribution in [3.05, 3.63) is 51.0 Å². The second kappa shape index (κ2) is 7.93. The van der Waals surface area contributed by atoms with Crippen molar-refractivity contribution in [2.24, 2.45) is 0 Å². The molecule has 0 saturated carbocycles. The fourth-order valence-corrected chi connectivity index (χ4v) is 3.06. The lowest BCUT2D eigenvalue weighted by molar-refractivity contribution is 0.153. The van der Waals surface area contributed by atoms with Crippen LogP contribution in [0.5, 0.6) is 5.75 Å². The molecule has 1 N–H and O–H groups in total. The van der Waals surface area contributed by atoms with Gasteiger partial charge >= 0.3 is 0 Å². The Bertz CT molecular complexity index is 1100. The van der Waals surface area contributed by atoms with E-state index < -0.39 is 17.5 Å². The van der Waals surface area contributed by atoms with Crippen molar-refractivity contribution in [2.45, 2.75) is 13.0 Å². The number of hydrogen-bond acceptors (Lipinski definition) is 5. The second-order valence-corrected chi connectivity index (χ2v) is 6.12.